The van der Waals surface area contributed by atoms with Crippen molar-refractivity contribution in [3.63, 3.8) is 0 Å². The summed E-state index contributed by atoms with van der Waals surface area (Å²) in [7, 11) is 0. The van der Waals surface area contributed by atoms with Gasteiger partial charge in [0.1, 0.15) is 5.82 Å². The van der Waals surface area contributed by atoms with Crippen molar-refractivity contribution in [1.29, 1.82) is 0 Å². The van der Waals surface area contributed by atoms with Gasteiger partial charge in [-0.2, -0.15) is 0 Å². The molecule has 4 rings (SSSR count). The number of nitrogens with one attached hydrogen (secondary N) is 1. The van der Waals surface area contributed by atoms with Crippen LogP contribution in [-0.2, 0) is 4.79 Å². The molecule has 3 heterocycles. The number of hydrogen-bond donors (Lipinski definition) is 1. The third-order valence-electron chi connectivity index (χ3n) is 4.99. The van der Waals surface area contributed by atoms with Crippen LogP contribution in [0, 0.1) is 6.92 Å². The van der Waals surface area contributed by atoms with E-state index in [1.807, 2.05) is 61.0 Å². The van der Waals surface area contributed by atoms with Crippen LogP contribution in [0.2, 0.25) is 0 Å². The average molecular weight is 408 g/mol. The van der Waals surface area contributed by atoms with E-state index in [2.05, 4.69) is 25.1 Å². The third-order valence-corrected chi connectivity index (χ3v) is 5.76. The Morgan fingerprint density at radius 2 is 2.07 bits per heavy atom. The van der Waals surface area contributed by atoms with Crippen LogP contribution in [0.25, 0.3) is 11.3 Å². The molecule has 6 nitrogen and oxygen atoms in total. The highest BCUT2D eigenvalue weighted by molar-refractivity contribution is 7.09. The first-order valence-electron chi connectivity index (χ1n) is 9.88. The minimum Gasteiger partial charge on any atom is -0.355 e. The van der Waals surface area contributed by atoms with Gasteiger partial charge in [0.2, 0.25) is 5.91 Å². The van der Waals surface area contributed by atoms with Crippen molar-refractivity contribution in [2.75, 3.05) is 42.9 Å². The van der Waals surface area contributed by atoms with Gasteiger partial charge in [-0.25, -0.2) is 9.97 Å². The molecule has 3 aromatic rings. The number of amides is 1. The van der Waals surface area contributed by atoms with Crippen LogP contribution in [-0.4, -0.2) is 53.5 Å². The maximum absolute atomic E-state index is 12.6. The minimum absolute atomic E-state index is 0.0166. The van der Waals surface area contributed by atoms with Crippen molar-refractivity contribution >= 4 is 28.7 Å². The molecule has 1 amide bonds. The second kappa shape index (κ2) is 9.15. The van der Waals surface area contributed by atoms with E-state index in [9.17, 15) is 4.79 Å². The summed E-state index contributed by atoms with van der Waals surface area (Å²) >= 11 is 1.63. The van der Waals surface area contributed by atoms with Gasteiger partial charge in [-0.15, -0.1) is 11.3 Å². The Bertz CT molecular complexity index is 959. The number of aromatic nitrogens is 2. The maximum Gasteiger partial charge on any atom is 0.238 e. The van der Waals surface area contributed by atoms with Crippen molar-refractivity contribution in [2.45, 2.75) is 13.3 Å². The maximum atomic E-state index is 12.6. The zero-order chi connectivity index (χ0) is 20.1. The van der Waals surface area contributed by atoms with Crippen LogP contribution < -0.4 is 10.2 Å². The summed E-state index contributed by atoms with van der Waals surface area (Å²) in [5.41, 5.74) is 2.78. The molecule has 2 aromatic heterocycles. The summed E-state index contributed by atoms with van der Waals surface area (Å²) in [6, 6.07) is 13.9. The summed E-state index contributed by atoms with van der Waals surface area (Å²) in [6.07, 6.45) is 2.84. The molecule has 1 aliphatic rings. The lowest BCUT2D eigenvalue weighted by Crippen LogP contribution is -2.36. The number of carbonyl (C=O) groups is 1. The first-order valence-corrected chi connectivity index (χ1v) is 10.8. The second-order valence-electron chi connectivity index (χ2n) is 7.19. The summed E-state index contributed by atoms with van der Waals surface area (Å²) < 4.78 is 0. The number of aryl methyl sites for hydroxylation is 1. The summed E-state index contributed by atoms with van der Waals surface area (Å²) in [4.78, 5) is 26.1. The molecule has 0 unspecified atom stereocenters. The molecule has 7 heteroatoms. The monoisotopic (exact) mass is 407 g/mol. The normalized spacial score (nSPS) is 15.1. The summed E-state index contributed by atoms with van der Waals surface area (Å²) in [6.45, 7) is 6.00. The van der Waals surface area contributed by atoms with E-state index < -0.39 is 0 Å². The van der Waals surface area contributed by atoms with E-state index in [1.165, 1.54) is 0 Å². The van der Waals surface area contributed by atoms with Crippen LogP contribution in [0.5, 0.6) is 0 Å². The lowest BCUT2D eigenvalue weighted by atomic mass is 10.1. The van der Waals surface area contributed by atoms with Gasteiger partial charge in [-0.3, -0.25) is 9.69 Å². The van der Waals surface area contributed by atoms with Crippen molar-refractivity contribution in [1.82, 2.24) is 14.9 Å². The summed E-state index contributed by atoms with van der Waals surface area (Å²) in [5, 5.41) is 6.12. The Labute approximate surface area is 175 Å². The Morgan fingerprint density at radius 1 is 1.14 bits per heavy atom. The van der Waals surface area contributed by atoms with Crippen LogP contribution in [0.3, 0.4) is 0 Å². The molecule has 0 aliphatic carbocycles. The van der Waals surface area contributed by atoms with Gasteiger partial charge in [0.25, 0.3) is 0 Å². The van der Waals surface area contributed by atoms with Gasteiger partial charge < -0.3 is 10.2 Å². The minimum atomic E-state index is 0.0166. The van der Waals surface area contributed by atoms with Crippen LogP contribution in [0.1, 0.15) is 11.4 Å². The SMILES string of the molecule is Cc1nc(-c2cccc(NC(=O)CN3CCCN(c4ccccn4)CC3)c2)cs1. The molecule has 1 aromatic carbocycles. The molecule has 29 heavy (non-hydrogen) atoms. The first-order chi connectivity index (χ1) is 14.2. The van der Waals surface area contributed by atoms with Gasteiger partial charge in [0.05, 0.1) is 17.2 Å². The Hall–Kier alpha value is -2.77. The molecule has 1 saturated heterocycles. The van der Waals surface area contributed by atoms with Gasteiger partial charge in [-0.1, -0.05) is 18.2 Å². The van der Waals surface area contributed by atoms with E-state index in [1.54, 1.807) is 11.3 Å². The number of rotatable bonds is 5. The number of thiazole rings is 1. The van der Waals surface area contributed by atoms with Gasteiger partial charge >= 0.3 is 0 Å². The number of carbonyl (C=O) groups excluding carboxylic acids is 1. The smallest absolute Gasteiger partial charge is 0.238 e. The Balaban J connectivity index is 1.33. The average Bonchev–Trinajstić information content (AvgIpc) is 3.04. The molecular weight excluding hydrogens is 382 g/mol. The molecule has 0 bridgehead atoms. The molecule has 0 spiro atoms. The fourth-order valence-electron chi connectivity index (χ4n) is 3.55. The molecule has 1 fully saturated rings. The van der Waals surface area contributed by atoms with E-state index in [-0.39, 0.29) is 5.91 Å². The number of pyridine rings is 1. The number of hydrogen-bond acceptors (Lipinski definition) is 6. The highest BCUT2D eigenvalue weighted by Crippen LogP contribution is 2.24. The lowest BCUT2D eigenvalue weighted by Gasteiger charge is -2.22. The van der Waals surface area contributed by atoms with Gasteiger partial charge in [-0.05, 0) is 37.6 Å². The molecule has 0 saturated carbocycles. The van der Waals surface area contributed by atoms with Crippen molar-refractivity contribution in [3.05, 3.63) is 59.0 Å². The number of benzene rings is 1. The van der Waals surface area contributed by atoms with Crippen molar-refractivity contribution < 1.29 is 4.79 Å². The number of anilines is 2. The number of nitrogens with zero attached hydrogens (tertiary/aromatic N) is 4. The molecule has 150 valence electrons. The van der Waals surface area contributed by atoms with Gasteiger partial charge in [0, 0.05) is 49.0 Å². The zero-order valence-electron chi connectivity index (χ0n) is 16.5. The standard InChI is InChI=1S/C22H25N5OS/c1-17-24-20(16-29-17)18-6-4-7-19(14-18)25-22(28)15-26-10-5-11-27(13-12-26)21-8-2-3-9-23-21/h2-4,6-9,14,16H,5,10-13,15H2,1H3,(H,25,28). The fraction of sp³-hybridized carbons (Fsp3) is 0.318. The Morgan fingerprint density at radius 3 is 2.86 bits per heavy atom. The largest absolute Gasteiger partial charge is 0.355 e. The highest BCUT2D eigenvalue weighted by atomic mass is 32.1. The van der Waals surface area contributed by atoms with Crippen molar-refractivity contribution in [3.8, 4) is 11.3 Å². The van der Waals surface area contributed by atoms with E-state index in [0.29, 0.717) is 6.54 Å². The predicted molar refractivity (Wildman–Crippen MR) is 118 cm³/mol. The van der Waals surface area contributed by atoms with E-state index >= 15 is 0 Å². The van der Waals surface area contributed by atoms with E-state index in [0.717, 1.165) is 60.4 Å². The fourth-order valence-corrected chi connectivity index (χ4v) is 4.18. The third kappa shape index (κ3) is 5.19. The van der Waals surface area contributed by atoms with Crippen molar-refractivity contribution in [2.24, 2.45) is 0 Å². The molecular formula is C22H25N5OS. The van der Waals surface area contributed by atoms with Gasteiger partial charge in [0.15, 0.2) is 0 Å². The van der Waals surface area contributed by atoms with Crippen LogP contribution in [0.15, 0.2) is 54.0 Å². The molecule has 1 N–H and O–H groups in total. The zero-order valence-corrected chi connectivity index (χ0v) is 17.4. The predicted octanol–water partition coefficient (Wildman–Crippen LogP) is 3.66. The van der Waals surface area contributed by atoms with Crippen LogP contribution >= 0.6 is 11.3 Å². The molecule has 0 atom stereocenters. The lowest BCUT2D eigenvalue weighted by molar-refractivity contribution is -0.117. The van der Waals surface area contributed by atoms with E-state index in [4.69, 9.17) is 0 Å². The molecule has 0 radical (unpaired) electrons. The Kier molecular flexibility index (Phi) is 6.17. The second-order valence-corrected chi connectivity index (χ2v) is 8.25. The van der Waals surface area contributed by atoms with Crippen LogP contribution in [0.4, 0.5) is 11.5 Å². The highest BCUT2D eigenvalue weighted by Gasteiger charge is 2.18. The summed E-state index contributed by atoms with van der Waals surface area (Å²) in [5.74, 6) is 1.02. The first kappa shape index (κ1) is 19.5. The quantitative estimate of drug-likeness (QED) is 0.699. The molecule has 1 aliphatic heterocycles. The topological polar surface area (TPSA) is 61.4 Å².